The lowest BCUT2D eigenvalue weighted by Gasteiger charge is -2.35. The van der Waals surface area contributed by atoms with Crippen LogP contribution < -0.4 is 25.4 Å². The molecule has 2 fully saturated rings. The number of hydrogen-bond acceptors (Lipinski definition) is 11. The molecular weight excluding hydrogens is 737 g/mol. The molecule has 3 aliphatic rings. The van der Waals surface area contributed by atoms with E-state index in [1.807, 2.05) is 56.3 Å². The van der Waals surface area contributed by atoms with Crippen molar-refractivity contribution >= 4 is 33.4 Å². The van der Waals surface area contributed by atoms with E-state index < -0.39 is 46.1 Å². The summed E-state index contributed by atoms with van der Waals surface area (Å²) < 4.78 is 63.4. The topological polar surface area (TPSA) is 170 Å². The molecule has 0 aliphatic carbocycles. The van der Waals surface area contributed by atoms with Gasteiger partial charge in [-0.15, -0.1) is 0 Å². The fraction of sp³-hybridized carbons (Fsp3) is 0.526. The van der Waals surface area contributed by atoms with Crippen molar-refractivity contribution in [2.45, 2.75) is 81.9 Å². The maximum Gasteiger partial charge on any atom is 0.407 e. The summed E-state index contributed by atoms with van der Waals surface area (Å²) in [6.45, 7) is 5.70. The molecule has 6 rings (SSSR count). The third kappa shape index (κ3) is 10.6. The van der Waals surface area contributed by atoms with Crippen molar-refractivity contribution in [1.82, 2.24) is 20.3 Å². The number of carbonyl (C=O) groups is 1. The summed E-state index contributed by atoms with van der Waals surface area (Å²) in [6.07, 6.45) is 1.95. The zero-order valence-electron chi connectivity index (χ0n) is 30.6. The Labute approximate surface area is 321 Å². The van der Waals surface area contributed by atoms with E-state index >= 15 is 0 Å². The summed E-state index contributed by atoms with van der Waals surface area (Å²) in [6, 6.07) is 16.7. The van der Waals surface area contributed by atoms with Crippen molar-refractivity contribution in [1.29, 1.82) is 0 Å². The number of fused-ring (bicyclic) bond motifs is 2. The van der Waals surface area contributed by atoms with Crippen LogP contribution in [0.3, 0.4) is 0 Å². The number of nitrogens with zero attached hydrogens (tertiary/aromatic N) is 1. The Balaban J connectivity index is 1.13. The third-order valence-electron chi connectivity index (χ3n) is 9.86. The molecule has 5 atom stereocenters. The Hall–Kier alpha value is -3.93. The molecule has 3 aromatic rings. The Morgan fingerprint density at radius 2 is 1.87 bits per heavy atom. The van der Waals surface area contributed by atoms with Crippen LogP contribution in [0.1, 0.15) is 50.9 Å². The summed E-state index contributed by atoms with van der Waals surface area (Å²) in [4.78, 5) is 13.3. The standard InChI is InChI=1S/C38H50N4O10S2/c1-38(2,15-6-7-16-39-36(53)40-21-27-11-8-17-47-27)24-42(54(45,46)28-12-13-32-33(20-28)51-25-50-32)22-31(43)30(19-26-9-4-3-5-10-26)41-37(44)52-34-23-49-35-29(34)14-18-48-35/h3-5,8-13,17,20,29-31,34-35,43H,6-7,14-16,18-19,21-25H2,1-2H3,(H,41,44)(H2,39,40,53)/t29-,30-,31+,34-,35+/m0/s1. The fourth-order valence-corrected chi connectivity index (χ4v) is 8.76. The number of aliphatic hydroxyl groups excluding tert-OH is 1. The average Bonchev–Trinajstić information content (AvgIpc) is 3.98. The normalized spacial score (nSPS) is 20.3. The van der Waals surface area contributed by atoms with Crippen molar-refractivity contribution in [3.8, 4) is 11.5 Å². The molecule has 54 heavy (non-hydrogen) atoms. The second-order valence-electron chi connectivity index (χ2n) is 14.6. The van der Waals surface area contributed by atoms with Crippen LogP contribution in [0.4, 0.5) is 4.79 Å². The minimum absolute atomic E-state index is 0.00173. The number of ether oxygens (including phenoxy) is 5. The van der Waals surface area contributed by atoms with E-state index in [1.165, 1.54) is 16.4 Å². The number of nitrogens with one attached hydrogen (secondary N) is 3. The highest BCUT2D eigenvalue weighted by molar-refractivity contribution is 7.89. The molecule has 0 spiro atoms. The molecule has 0 radical (unpaired) electrons. The minimum atomic E-state index is -4.17. The number of hydrogen-bond donors (Lipinski definition) is 4. The highest BCUT2D eigenvalue weighted by Crippen LogP contribution is 2.36. The Morgan fingerprint density at radius 3 is 2.67 bits per heavy atom. The number of sulfonamides is 1. The van der Waals surface area contributed by atoms with Gasteiger partial charge in [-0.05, 0) is 73.1 Å². The predicted molar refractivity (Wildman–Crippen MR) is 202 cm³/mol. The molecule has 4 N–H and O–H groups in total. The largest absolute Gasteiger partial charge is 0.467 e. The second-order valence-corrected chi connectivity index (χ2v) is 16.9. The number of amides is 1. The van der Waals surface area contributed by atoms with Gasteiger partial charge in [0, 0.05) is 25.7 Å². The molecule has 0 unspecified atom stereocenters. The summed E-state index contributed by atoms with van der Waals surface area (Å²) in [7, 11) is -4.17. The van der Waals surface area contributed by atoms with Gasteiger partial charge in [0.2, 0.25) is 16.8 Å². The maximum atomic E-state index is 14.4. The van der Waals surface area contributed by atoms with E-state index in [4.69, 9.17) is 40.3 Å². The molecule has 4 heterocycles. The van der Waals surface area contributed by atoms with Gasteiger partial charge in [-0.3, -0.25) is 0 Å². The smallest absolute Gasteiger partial charge is 0.407 e. The molecule has 294 valence electrons. The molecule has 0 saturated carbocycles. The Kier molecular flexibility index (Phi) is 13.4. The number of thiocarbonyl (C=S) groups is 1. The molecule has 14 nitrogen and oxygen atoms in total. The number of furan rings is 1. The predicted octanol–water partition coefficient (Wildman–Crippen LogP) is 4.32. The monoisotopic (exact) mass is 786 g/mol. The van der Waals surface area contributed by atoms with Crippen LogP contribution in [-0.2, 0) is 37.2 Å². The van der Waals surface area contributed by atoms with Crippen molar-refractivity contribution in [2.75, 3.05) is 39.6 Å². The Bertz CT molecular complexity index is 1790. The van der Waals surface area contributed by atoms with Crippen LogP contribution in [0.5, 0.6) is 11.5 Å². The first-order chi connectivity index (χ1) is 26.0. The molecule has 2 aromatic carbocycles. The third-order valence-corrected chi connectivity index (χ3v) is 12.0. The van der Waals surface area contributed by atoms with Gasteiger partial charge in [-0.2, -0.15) is 4.31 Å². The van der Waals surface area contributed by atoms with Gasteiger partial charge in [0.25, 0.3) is 0 Å². The molecule has 1 aromatic heterocycles. The number of carbonyl (C=O) groups excluding carboxylic acids is 1. The van der Waals surface area contributed by atoms with Gasteiger partial charge in [0.15, 0.2) is 22.9 Å². The van der Waals surface area contributed by atoms with E-state index in [-0.39, 0.29) is 43.7 Å². The van der Waals surface area contributed by atoms with Crippen molar-refractivity contribution < 1.29 is 46.4 Å². The van der Waals surface area contributed by atoms with Gasteiger partial charge < -0.3 is 49.2 Å². The summed E-state index contributed by atoms with van der Waals surface area (Å²) in [5, 5.41) is 21.6. The SMILES string of the molecule is CC(C)(CCCCNC(=S)NCc1ccco1)CN(C[C@@H](O)[C@H](Cc1ccccc1)NC(=O)O[C@H]1CO[C@H]2OCC[C@H]21)S(=O)(=O)c1ccc2c(c1)OCO2. The van der Waals surface area contributed by atoms with Gasteiger partial charge in [0.1, 0.15) is 11.9 Å². The van der Waals surface area contributed by atoms with Crippen LogP contribution >= 0.6 is 12.2 Å². The zero-order chi connectivity index (χ0) is 38.1. The molecular formula is C38H50N4O10S2. The van der Waals surface area contributed by atoms with E-state index in [0.717, 1.165) is 30.6 Å². The number of aliphatic hydroxyl groups is 1. The summed E-state index contributed by atoms with van der Waals surface area (Å²) >= 11 is 5.38. The van der Waals surface area contributed by atoms with Crippen LogP contribution in [0.15, 0.2) is 76.2 Å². The van der Waals surface area contributed by atoms with Crippen LogP contribution in [-0.4, -0.2) is 93.2 Å². The molecule has 3 aliphatic heterocycles. The van der Waals surface area contributed by atoms with E-state index in [0.29, 0.717) is 42.7 Å². The number of alkyl carbamates (subject to hydrolysis) is 1. The molecule has 1 amide bonds. The molecule has 16 heteroatoms. The first-order valence-corrected chi connectivity index (χ1v) is 20.2. The van der Waals surface area contributed by atoms with Gasteiger partial charge in [-0.25, -0.2) is 13.2 Å². The number of benzene rings is 2. The number of unbranched alkanes of at least 4 members (excludes halogenated alkanes) is 1. The van der Waals surface area contributed by atoms with Crippen molar-refractivity contribution in [3.05, 3.63) is 78.3 Å². The second kappa shape index (κ2) is 18.1. The van der Waals surface area contributed by atoms with E-state index in [9.17, 15) is 18.3 Å². The lowest BCUT2D eigenvalue weighted by atomic mass is 9.87. The van der Waals surface area contributed by atoms with Gasteiger partial charge in [-0.1, -0.05) is 50.6 Å². The fourth-order valence-electron chi connectivity index (χ4n) is 6.92. The Morgan fingerprint density at radius 1 is 1.06 bits per heavy atom. The van der Waals surface area contributed by atoms with Crippen molar-refractivity contribution in [3.63, 3.8) is 0 Å². The highest BCUT2D eigenvalue weighted by atomic mass is 32.2. The highest BCUT2D eigenvalue weighted by Gasteiger charge is 2.44. The zero-order valence-corrected chi connectivity index (χ0v) is 32.2. The lowest BCUT2D eigenvalue weighted by Crippen LogP contribution is -2.52. The average molecular weight is 787 g/mol. The lowest BCUT2D eigenvalue weighted by molar-refractivity contribution is -0.0907. The maximum absolute atomic E-state index is 14.4. The van der Waals surface area contributed by atoms with Gasteiger partial charge >= 0.3 is 6.09 Å². The molecule has 2 saturated heterocycles. The van der Waals surface area contributed by atoms with E-state index in [1.54, 1.807) is 12.3 Å². The van der Waals surface area contributed by atoms with Crippen LogP contribution in [0.2, 0.25) is 0 Å². The summed E-state index contributed by atoms with van der Waals surface area (Å²) in [5.41, 5.74) is 0.357. The van der Waals surface area contributed by atoms with Crippen LogP contribution in [0.25, 0.3) is 0 Å². The first-order valence-electron chi connectivity index (χ1n) is 18.3. The quantitative estimate of drug-likeness (QED) is 0.106. The van der Waals surface area contributed by atoms with Crippen LogP contribution in [0, 0.1) is 11.3 Å². The summed E-state index contributed by atoms with van der Waals surface area (Å²) in [5.74, 6) is 1.51. The van der Waals surface area contributed by atoms with Crippen molar-refractivity contribution in [2.24, 2.45) is 11.3 Å². The van der Waals surface area contributed by atoms with Gasteiger partial charge in [0.05, 0.1) is 49.0 Å². The molecule has 0 bridgehead atoms. The van der Waals surface area contributed by atoms with E-state index in [2.05, 4.69) is 16.0 Å². The first kappa shape index (κ1) is 39.8. The minimum Gasteiger partial charge on any atom is -0.467 e. The number of rotatable bonds is 18.